The molecule has 2 N–H and O–H groups in total. The summed E-state index contributed by atoms with van der Waals surface area (Å²) in [6.45, 7) is 6.80. The zero-order valence-electron chi connectivity index (χ0n) is 9.02. The van der Waals surface area contributed by atoms with Gasteiger partial charge in [0.15, 0.2) is 0 Å². The first-order chi connectivity index (χ1) is 5.27. The topological polar surface area (TPSA) is 29.3 Å². The molecule has 0 spiro atoms. The highest BCUT2D eigenvalue weighted by atomic mass is 15.2. The first-order valence-electron chi connectivity index (χ1n) is 4.73. The van der Waals surface area contributed by atoms with Crippen molar-refractivity contribution in [3.63, 3.8) is 0 Å². The summed E-state index contributed by atoms with van der Waals surface area (Å²) < 4.78 is 0. The molecule has 1 aliphatic carbocycles. The number of nitrogens with zero attached hydrogens (tertiary/aromatic N) is 1. The van der Waals surface area contributed by atoms with Gasteiger partial charge < -0.3 is 10.6 Å². The molecule has 0 aromatic heterocycles. The third-order valence-electron chi connectivity index (χ3n) is 3.19. The predicted molar refractivity (Wildman–Crippen MR) is 53.1 cm³/mol. The highest BCUT2D eigenvalue weighted by Gasteiger charge is 2.48. The number of likely N-dealkylation sites (N-methyl/N-ethyl adjacent to an activating group) is 1. The van der Waals surface area contributed by atoms with Crippen LogP contribution in [0.4, 0.5) is 0 Å². The average molecular weight is 170 g/mol. The Kier molecular flexibility index (Phi) is 2.26. The van der Waals surface area contributed by atoms with Crippen LogP contribution in [0.1, 0.15) is 33.6 Å². The fourth-order valence-electron chi connectivity index (χ4n) is 3.05. The van der Waals surface area contributed by atoms with Crippen LogP contribution >= 0.6 is 0 Å². The van der Waals surface area contributed by atoms with Gasteiger partial charge in [-0.1, -0.05) is 13.8 Å². The molecule has 1 aliphatic rings. The van der Waals surface area contributed by atoms with Gasteiger partial charge in [0.05, 0.1) is 0 Å². The Morgan fingerprint density at radius 1 is 1.17 bits per heavy atom. The second-order valence-corrected chi connectivity index (χ2v) is 5.36. The normalized spacial score (nSPS) is 40.8. The molecule has 0 aliphatic heterocycles. The number of hydrogen-bond donors (Lipinski definition) is 1. The smallest absolute Gasteiger partial charge is 0.0318 e. The van der Waals surface area contributed by atoms with Crippen LogP contribution in [0.3, 0.4) is 0 Å². The molecule has 72 valence electrons. The van der Waals surface area contributed by atoms with Crippen molar-refractivity contribution in [1.29, 1.82) is 0 Å². The van der Waals surface area contributed by atoms with Crippen molar-refractivity contribution in [2.75, 3.05) is 14.1 Å². The van der Waals surface area contributed by atoms with E-state index >= 15 is 0 Å². The van der Waals surface area contributed by atoms with Crippen molar-refractivity contribution in [2.45, 2.75) is 45.2 Å². The zero-order chi connectivity index (χ0) is 9.57. The fourth-order valence-corrected chi connectivity index (χ4v) is 3.05. The van der Waals surface area contributed by atoms with Gasteiger partial charge >= 0.3 is 0 Å². The monoisotopic (exact) mass is 170 g/mol. The largest absolute Gasteiger partial charge is 0.324 e. The van der Waals surface area contributed by atoms with Gasteiger partial charge in [0, 0.05) is 11.6 Å². The summed E-state index contributed by atoms with van der Waals surface area (Å²) in [6, 6.07) is 0.505. The quantitative estimate of drug-likeness (QED) is 0.645. The summed E-state index contributed by atoms with van der Waals surface area (Å²) in [5, 5.41) is 0. The molecule has 0 saturated heterocycles. The molecule has 0 aromatic carbocycles. The Balaban J connectivity index is 2.89. The predicted octanol–water partition coefficient (Wildman–Crippen LogP) is 1.45. The van der Waals surface area contributed by atoms with Gasteiger partial charge in [0.25, 0.3) is 0 Å². The van der Waals surface area contributed by atoms with E-state index in [9.17, 15) is 0 Å². The molecular weight excluding hydrogens is 148 g/mol. The lowest BCUT2D eigenvalue weighted by Crippen LogP contribution is -2.55. The molecular formula is C10H22N2. The van der Waals surface area contributed by atoms with Crippen molar-refractivity contribution >= 4 is 0 Å². The Labute approximate surface area is 76.1 Å². The van der Waals surface area contributed by atoms with Crippen LogP contribution in [0.2, 0.25) is 0 Å². The van der Waals surface area contributed by atoms with E-state index in [4.69, 9.17) is 5.73 Å². The minimum absolute atomic E-state index is 0.00694. The molecule has 0 radical (unpaired) electrons. The summed E-state index contributed by atoms with van der Waals surface area (Å²) in [7, 11) is 4.26. The summed E-state index contributed by atoms with van der Waals surface area (Å²) in [4.78, 5) is 2.27. The lowest BCUT2D eigenvalue weighted by molar-refractivity contribution is 0.125. The van der Waals surface area contributed by atoms with Crippen LogP contribution in [-0.4, -0.2) is 30.6 Å². The Hall–Kier alpha value is -0.0800. The minimum atomic E-state index is -0.00694. The van der Waals surface area contributed by atoms with Gasteiger partial charge in [-0.05, 0) is 39.3 Å². The molecule has 0 heterocycles. The number of hydrogen-bond acceptors (Lipinski definition) is 2. The van der Waals surface area contributed by atoms with Crippen LogP contribution in [0.25, 0.3) is 0 Å². The van der Waals surface area contributed by atoms with Crippen molar-refractivity contribution in [3.8, 4) is 0 Å². The van der Waals surface area contributed by atoms with E-state index in [-0.39, 0.29) is 5.54 Å². The molecule has 1 saturated carbocycles. The standard InChI is InChI=1S/C10H22N2/c1-9(2)6-7-10(3,11)8(9)12(4)5/h8H,6-7,11H2,1-5H3/t8-,10+/m1/s1. The van der Waals surface area contributed by atoms with Crippen LogP contribution in [0, 0.1) is 5.41 Å². The zero-order valence-corrected chi connectivity index (χ0v) is 9.02. The molecule has 12 heavy (non-hydrogen) atoms. The van der Waals surface area contributed by atoms with E-state index in [2.05, 4.69) is 39.8 Å². The fraction of sp³-hybridized carbons (Fsp3) is 1.00. The molecule has 0 amide bonds. The maximum absolute atomic E-state index is 6.26. The van der Waals surface area contributed by atoms with E-state index < -0.39 is 0 Å². The molecule has 0 unspecified atom stereocenters. The van der Waals surface area contributed by atoms with E-state index in [1.165, 1.54) is 6.42 Å². The molecule has 2 heteroatoms. The number of nitrogens with two attached hydrogens (primary N) is 1. The second kappa shape index (κ2) is 2.71. The third kappa shape index (κ3) is 1.50. The van der Waals surface area contributed by atoms with E-state index in [0.717, 1.165) is 6.42 Å². The van der Waals surface area contributed by atoms with Gasteiger partial charge in [-0.25, -0.2) is 0 Å². The first kappa shape index (κ1) is 10.0. The van der Waals surface area contributed by atoms with Gasteiger partial charge in [-0.2, -0.15) is 0 Å². The van der Waals surface area contributed by atoms with Crippen molar-refractivity contribution in [1.82, 2.24) is 4.90 Å². The summed E-state index contributed by atoms with van der Waals surface area (Å²) >= 11 is 0. The van der Waals surface area contributed by atoms with Gasteiger partial charge in [-0.15, -0.1) is 0 Å². The van der Waals surface area contributed by atoms with E-state index in [0.29, 0.717) is 11.5 Å². The lowest BCUT2D eigenvalue weighted by atomic mass is 9.82. The van der Waals surface area contributed by atoms with Crippen molar-refractivity contribution in [3.05, 3.63) is 0 Å². The van der Waals surface area contributed by atoms with Gasteiger partial charge in [0.2, 0.25) is 0 Å². The van der Waals surface area contributed by atoms with Gasteiger partial charge in [0.1, 0.15) is 0 Å². The van der Waals surface area contributed by atoms with E-state index in [1.807, 2.05) is 0 Å². The Bertz CT molecular complexity index is 155. The van der Waals surface area contributed by atoms with Crippen LogP contribution in [0.5, 0.6) is 0 Å². The van der Waals surface area contributed by atoms with Crippen molar-refractivity contribution in [2.24, 2.45) is 11.1 Å². The maximum atomic E-state index is 6.26. The first-order valence-corrected chi connectivity index (χ1v) is 4.73. The Morgan fingerprint density at radius 3 is 1.83 bits per heavy atom. The third-order valence-corrected chi connectivity index (χ3v) is 3.19. The summed E-state index contributed by atoms with van der Waals surface area (Å²) in [5.41, 5.74) is 6.62. The molecule has 2 nitrogen and oxygen atoms in total. The Morgan fingerprint density at radius 2 is 1.67 bits per heavy atom. The van der Waals surface area contributed by atoms with Crippen LogP contribution in [0.15, 0.2) is 0 Å². The molecule has 2 atom stereocenters. The van der Waals surface area contributed by atoms with Gasteiger partial charge in [-0.3, -0.25) is 0 Å². The molecule has 1 fully saturated rings. The summed E-state index contributed by atoms with van der Waals surface area (Å²) in [5.74, 6) is 0. The van der Waals surface area contributed by atoms with E-state index in [1.54, 1.807) is 0 Å². The second-order valence-electron chi connectivity index (χ2n) is 5.36. The number of rotatable bonds is 1. The molecule has 0 aromatic rings. The van der Waals surface area contributed by atoms with Crippen LogP contribution in [-0.2, 0) is 0 Å². The molecule has 1 rings (SSSR count). The SMILES string of the molecule is CN(C)[C@@H]1C(C)(C)CC[C@]1(C)N. The average Bonchev–Trinajstić information content (AvgIpc) is 2.01. The summed E-state index contributed by atoms with van der Waals surface area (Å²) in [6.07, 6.45) is 2.38. The van der Waals surface area contributed by atoms with Crippen LogP contribution < -0.4 is 5.73 Å². The highest BCUT2D eigenvalue weighted by molar-refractivity contribution is 5.06. The van der Waals surface area contributed by atoms with Crippen molar-refractivity contribution < 1.29 is 0 Å². The minimum Gasteiger partial charge on any atom is -0.324 e. The lowest BCUT2D eigenvalue weighted by Gasteiger charge is -2.40. The highest BCUT2D eigenvalue weighted by Crippen LogP contribution is 2.44. The maximum Gasteiger partial charge on any atom is 0.0318 e. The molecule has 0 bridgehead atoms.